The summed E-state index contributed by atoms with van der Waals surface area (Å²) in [6.07, 6.45) is 1.64. The van der Waals surface area contributed by atoms with E-state index in [2.05, 4.69) is 38.4 Å². The first kappa shape index (κ1) is 28.1. The lowest BCUT2D eigenvalue weighted by atomic mass is 9.47. The van der Waals surface area contributed by atoms with Crippen LogP contribution < -0.4 is 15.6 Å². The summed E-state index contributed by atoms with van der Waals surface area (Å²) in [6, 6.07) is 28.1. The number of rotatable bonds is 6. The molecule has 214 valence electrons. The molecule has 4 aromatic carbocycles. The maximum Gasteiger partial charge on any atom is 0.259 e. The fourth-order valence-corrected chi connectivity index (χ4v) is 7.80. The third-order valence-electron chi connectivity index (χ3n) is 8.59. The number of carbonyl (C=O) groups excluding carboxylic acids is 3. The van der Waals surface area contributed by atoms with E-state index in [1.165, 1.54) is 11.0 Å². The normalized spacial score (nSPS) is 23.2. The van der Waals surface area contributed by atoms with Crippen LogP contribution in [0.25, 0.3) is 0 Å². The Morgan fingerprint density at radius 1 is 0.907 bits per heavy atom. The van der Waals surface area contributed by atoms with Gasteiger partial charge in [0.25, 0.3) is 5.91 Å². The number of anilines is 2. The molecule has 4 aromatic rings. The van der Waals surface area contributed by atoms with Crippen LogP contribution in [0.3, 0.4) is 0 Å². The molecule has 1 aliphatic heterocycles. The highest BCUT2D eigenvalue weighted by Crippen LogP contribution is 2.63. The number of hydrogen-bond acceptors (Lipinski definition) is 5. The quantitative estimate of drug-likeness (QED) is 0.105. The number of carbonyl (C=O) groups is 3. The van der Waals surface area contributed by atoms with E-state index in [0.717, 1.165) is 31.5 Å². The third-order valence-corrected chi connectivity index (χ3v) is 9.85. The Morgan fingerprint density at radius 3 is 2.21 bits per heavy atom. The van der Waals surface area contributed by atoms with Crippen molar-refractivity contribution < 1.29 is 14.4 Å². The van der Waals surface area contributed by atoms with Crippen molar-refractivity contribution in [3.63, 3.8) is 0 Å². The van der Waals surface area contributed by atoms with Crippen LogP contribution in [-0.4, -0.2) is 30.5 Å². The molecule has 0 saturated carbocycles. The lowest BCUT2D eigenvalue weighted by Crippen LogP contribution is -2.54. The van der Waals surface area contributed by atoms with Crippen LogP contribution >= 0.6 is 45.8 Å². The zero-order valence-corrected chi connectivity index (χ0v) is 26.1. The second-order valence-corrected chi connectivity index (χ2v) is 12.9. The van der Waals surface area contributed by atoms with Crippen LogP contribution in [0.1, 0.15) is 28.2 Å². The summed E-state index contributed by atoms with van der Waals surface area (Å²) in [4.78, 5) is 42.7. The summed E-state index contributed by atoms with van der Waals surface area (Å²) in [6.45, 7) is 0.00644. The first-order valence-electron chi connectivity index (χ1n) is 13.7. The number of hydrogen-bond donors (Lipinski definition) is 2. The van der Waals surface area contributed by atoms with Gasteiger partial charge in [0, 0.05) is 26.4 Å². The molecule has 2 atom stereocenters. The molecule has 7 nitrogen and oxygen atoms in total. The lowest BCUT2D eigenvalue weighted by Gasteiger charge is -2.52. The van der Waals surface area contributed by atoms with E-state index in [-0.39, 0.29) is 35.2 Å². The molecule has 0 aromatic heterocycles. The molecule has 0 spiro atoms. The van der Waals surface area contributed by atoms with E-state index < -0.39 is 17.3 Å². The average Bonchev–Trinajstić information content (AvgIpc) is 3.27. The maximum atomic E-state index is 14.4. The molecular formula is C33H23Cl2IN4O3. The number of hydrazone groups is 1. The average molecular weight is 721 g/mol. The molecule has 43 heavy (non-hydrogen) atoms. The molecule has 8 rings (SSSR count). The lowest BCUT2D eigenvalue weighted by molar-refractivity contribution is -0.122. The smallest absolute Gasteiger partial charge is 0.259 e. The van der Waals surface area contributed by atoms with Gasteiger partial charge in [0.05, 0.1) is 34.5 Å². The van der Waals surface area contributed by atoms with E-state index in [1.807, 2.05) is 72.8 Å². The van der Waals surface area contributed by atoms with Gasteiger partial charge < -0.3 is 5.32 Å². The van der Waals surface area contributed by atoms with Crippen molar-refractivity contribution in [3.05, 3.63) is 127 Å². The SMILES string of the molecule is O=C(CNc1ccc(I)cc1)N/N=C\C12c3ccccc3C(c3ccccc31)[C@H]1C(=O)N(c3ccc(Cl)cc3Cl)C(=O)[C@H]12. The summed E-state index contributed by atoms with van der Waals surface area (Å²) in [7, 11) is 0. The maximum absolute atomic E-state index is 14.4. The molecule has 3 amide bonds. The fourth-order valence-electron chi connectivity index (χ4n) is 6.95. The predicted molar refractivity (Wildman–Crippen MR) is 176 cm³/mol. The van der Waals surface area contributed by atoms with E-state index >= 15 is 0 Å². The number of halogens is 3. The van der Waals surface area contributed by atoms with Gasteiger partial charge in [-0.2, -0.15) is 5.10 Å². The van der Waals surface area contributed by atoms with Gasteiger partial charge in [-0.25, -0.2) is 10.3 Å². The molecule has 2 bridgehead atoms. The highest BCUT2D eigenvalue weighted by atomic mass is 127. The Labute approximate surface area is 271 Å². The van der Waals surface area contributed by atoms with E-state index in [1.54, 1.807) is 18.3 Å². The molecule has 0 radical (unpaired) electrons. The zero-order valence-electron chi connectivity index (χ0n) is 22.4. The molecule has 3 aliphatic carbocycles. The van der Waals surface area contributed by atoms with Gasteiger partial charge in [-0.05, 0) is 87.3 Å². The largest absolute Gasteiger partial charge is 0.376 e. The summed E-state index contributed by atoms with van der Waals surface area (Å²) in [5.74, 6) is -2.85. The van der Waals surface area contributed by atoms with Gasteiger partial charge in [-0.3, -0.25) is 14.4 Å². The highest BCUT2D eigenvalue weighted by molar-refractivity contribution is 14.1. The molecular weight excluding hydrogens is 698 g/mol. The van der Waals surface area contributed by atoms with Crippen LogP contribution in [0, 0.1) is 15.4 Å². The van der Waals surface area contributed by atoms with E-state index in [4.69, 9.17) is 23.2 Å². The first-order chi connectivity index (χ1) is 20.8. The highest BCUT2D eigenvalue weighted by Gasteiger charge is 2.68. The molecule has 0 unspecified atom stereocenters. The minimum atomic E-state index is -1.11. The molecule has 2 N–H and O–H groups in total. The van der Waals surface area contributed by atoms with Gasteiger partial charge in [0.1, 0.15) is 0 Å². The number of benzene rings is 4. The van der Waals surface area contributed by atoms with Crippen molar-refractivity contribution in [2.45, 2.75) is 11.3 Å². The summed E-state index contributed by atoms with van der Waals surface area (Å²) >= 11 is 14.9. The minimum absolute atomic E-state index is 0.00644. The van der Waals surface area contributed by atoms with Crippen molar-refractivity contribution in [1.82, 2.24) is 5.43 Å². The molecule has 4 aliphatic rings. The molecule has 1 heterocycles. The third kappa shape index (κ3) is 4.38. The van der Waals surface area contributed by atoms with Gasteiger partial charge >= 0.3 is 0 Å². The monoisotopic (exact) mass is 720 g/mol. The molecule has 1 saturated heterocycles. The van der Waals surface area contributed by atoms with Crippen LogP contribution in [-0.2, 0) is 19.8 Å². The van der Waals surface area contributed by atoms with Crippen molar-refractivity contribution >= 4 is 81.1 Å². The number of nitrogens with one attached hydrogen (secondary N) is 2. The van der Waals surface area contributed by atoms with E-state index in [0.29, 0.717) is 10.7 Å². The Kier molecular flexibility index (Phi) is 7.03. The van der Waals surface area contributed by atoms with Crippen LogP contribution in [0.4, 0.5) is 11.4 Å². The number of amides is 3. The van der Waals surface area contributed by atoms with Crippen LogP contribution in [0.5, 0.6) is 0 Å². The van der Waals surface area contributed by atoms with Crippen molar-refractivity contribution in [1.29, 1.82) is 0 Å². The second kappa shape index (κ2) is 10.8. The van der Waals surface area contributed by atoms with E-state index in [9.17, 15) is 14.4 Å². The van der Waals surface area contributed by atoms with Crippen molar-refractivity contribution in [2.75, 3.05) is 16.8 Å². The topological polar surface area (TPSA) is 90.9 Å². The standard InChI is InChI=1S/C33H23Cl2IN4O3/c34-18-9-14-26(25(35)15-18)40-31(42)29-28-21-5-1-3-7-23(21)33(30(29)32(40)43,24-8-4-2-6-22(24)28)17-38-39-27(41)16-37-20-12-10-19(36)11-13-20/h1-15,17,28-30,37H,16H2,(H,39,41)/b38-17-/t28?,29-,30+,33?/m1/s1. The Bertz CT molecular complexity index is 1800. The summed E-state index contributed by atoms with van der Waals surface area (Å²) in [5, 5.41) is 8.15. The Morgan fingerprint density at radius 2 is 1.56 bits per heavy atom. The van der Waals surface area contributed by atoms with Crippen molar-refractivity contribution in [3.8, 4) is 0 Å². The van der Waals surface area contributed by atoms with Gasteiger partial charge in [-0.15, -0.1) is 0 Å². The summed E-state index contributed by atoms with van der Waals surface area (Å²) < 4.78 is 1.09. The fraction of sp³-hybridized carbons (Fsp3) is 0.152. The van der Waals surface area contributed by atoms with Crippen LogP contribution in [0.2, 0.25) is 10.0 Å². The first-order valence-corrected chi connectivity index (χ1v) is 15.5. The van der Waals surface area contributed by atoms with Gasteiger partial charge in [0.15, 0.2) is 0 Å². The minimum Gasteiger partial charge on any atom is -0.376 e. The van der Waals surface area contributed by atoms with Crippen molar-refractivity contribution in [2.24, 2.45) is 16.9 Å². The Hall–Kier alpha value is -3.73. The number of imide groups is 1. The van der Waals surface area contributed by atoms with Crippen LogP contribution in [0.15, 0.2) is 96.1 Å². The predicted octanol–water partition coefficient (Wildman–Crippen LogP) is 6.36. The molecule has 1 fully saturated rings. The van der Waals surface area contributed by atoms with Gasteiger partial charge in [0.2, 0.25) is 11.8 Å². The second-order valence-electron chi connectivity index (χ2n) is 10.8. The molecule has 10 heteroatoms. The Balaban J connectivity index is 1.30. The van der Waals surface area contributed by atoms with Gasteiger partial charge in [-0.1, -0.05) is 71.7 Å². The number of nitrogens with zero attached hydrogens (tertiary/aromatic N) is 2. The summed E-state index contributed by atoms with van der Waals surface area (Å²) in [5.41, 5.74) is 6.34. The zero-order chi connectivity index (χ0) is 29.9.